The lowest BCUT2D eigenvalue weighted by Gasteiger charge is -2.41. The van der Waals surface area contributed by atoms with Crippen molar-refractivity contribution in [3.8, 4) is 17.0 Å². The molecular formula is C36H35N5O3. The minimum Gasteiger partial charge on any atom is -0.497 e. The number of nitrogens with one attached hydrogen (secondary N) is 2. The quantitative estimate of drug-likeness (QED) is 0.241. The van der Waals surface area contributed by atoms with E-state index in [1.165, 1.54) is 10.9 Å². The minimum atomic E-state index is -0.561. The predicted octanol–water partition coefficient (Wildman–Crippen LogP) is 5.79. The van der Waals surface area contributed by atoms with E-state index in [2.05, 4.69) is 69.8 Å². The molecule has 0 aliphatic carbocycles. The van der Waals surface area contributed by atoms with Gasteiger partial charge in [-0.2, -0.15) is 0 Å². The molecule has 2 unspecified atom stereocenters. The Balaban J connectivity index is 1.15. The Labute approximate surface area is 256 Å². The van der Waals surface area contributed by atoms with Crippen LogP contribution in [0.3, 0.4) is 0 Å². The molecule has 2 atom stereocenters. The zero-order valence-corrected chi connectivity index (χ0v) is 24.7. The van der Waals surface area contributed by atoms with Crippen LogP contribution in [0.1, 0.15) is 35.3 Å². The van der Waals surface area contributed by atoms with Crippen LogP contribution in [-0.4, -0.2) is 64.9 Å². The maximum atomic E-state index is 14.0. The molecule has 4 aromatic carbocycles. The van der Waals surface area contributed by atoms with Gasteiger partial charge in [0, 0.05) is 43.9 Å². The lowest BCUT2D eigenvalue weighted by molar-refractivity contribution is -0.138. The van der Waals surface area contributed by atoms with Gasteiger partial charge < -0.3 is 19.9 Å². The predicted molar refractivity (Wildman–Crippen MR) is 172 cm³/mol. The van der Waals surface area contributed by atoms with E-state index in [1.54, 1.807) is 7.11 Å². The number of carbonyl (C=O) groups is 2. The molecule has 2 aliphatic heterocycles. The van der Waals surface area contributed by atoms with E-state index in [0.29, 0.717) is 18.8 Å². The molecule has 44 heavy (non-hydrogen) atoms. The zero-order valence-electron chi connectivity index (χ0n) is 24.7. The van der Waals surface area contributed by atoms with Gasteiger partial charge in [-0.1, -0.05) is 66.7 Å². The molecule has 222 valence electrons. The van der Waals surface area contributed by atoms with Gasteiger partial charge in [-0.05, 0) is 52.6 Å². The molecule has 2 aliphatic rings. The summed E-state index contributed by atoms with van der Waals surface area (Å²) in [5.41, 5.74) is 4.79. The van der Waals surface area contributed by atoms with Gasteiger partial charge in [0.25, 0.3) is 0 Å². The van der Waals surface area contributed by atoms with Crippen molar-refractivity contribution < 1.29 is 14.3 Å². The van der Waals surface area contributed by atoms with Crippen molar-refractivity contribution in [3.05, 3.63) is 114 Å². The number of hydrogen-bond acceptors (Lipinski definition) is 5. The fourth-order valence-corrected chi connectivity index (χ4v) is 6.44. The number of fused-ring (bicyclic) bond motifs is 2. The van der Waals surface area contributed by atoms with E-state index in [0.717, 1.165) is 53.2 Å². The number of amides is 2. The van der Waals surface area contributed by atoms with Crippen molar-refractivity contribution in [2.24, 2.45) is 0 Å². The van der Waals surface area contributed by atoms with Crippen LogP contribution in [0.2, 0.25) is 0 Å². The summed E-state index contributed by atoms with van der Waals surface area (Å²) in [5, 5.41) is 5.28. The molecule has 1 saturated heterocycles. The second-order valence-corrected chi connectivity index (χ2v) is 11.6. The van der Waals surface area contributed by atoms with Crippen molar-refractivity contribution >= 4 is 28.3 Å². The summed E-state index contributed by atoms with van der Waals surface area (Å²) in [6, 6.07) is 30.4. The molecule has 0 bridgehead atoms. The fourth-order valence-electron chi connectivity index (χ4n) is 6.44. The molecule has 2 N–H and O–H groups in total. The van der Waals surface area contributed by atoms with Crippen molar-refractivity contribution in [1.82, 2.24) is 19.8 Å². The average Bonchev–Trinajstić information content (AvgIpc) is 3.68. The molecule has 8 nitrogen and oxygen atoms in total. The molecule has 7 rings (SSSR count). The Kier molecular flexibility index (Phi) is 7.58. The highest BCUT2D eigenvalue weighted by atomic mass is 16.5. The van der Waals surface area contributed by atoms with Crippen molar-refractivity contribution in [3.63, 3.8) is 0 Å². The Bertz CT molecular complexity index is 1820. The second kappa shape index (κ2) is 12.0. The number of carbonyl (C=O) groups excluding carboxylic acids is 2. The Morgan fingerprint density at radius 1 is 0.955 bits per heavy atom. The summed E-state index contributed by atoms with van der Waals surface area (Å²) in [5.74, 6) is 0.644. The number of benzene rings is 4. The molecule has 1 fully saturated rings. The van der Waals surface area contributed by atoms with E-state index >= 15 is 0 Å². The van der Waals surface area contributed by atoms with E-state index in [4.69, 9.17) is 9.72 Å². The van der Waals surface area contributed by atoms with Crippen LogP contribution in [0.15, 0.2) is 97.2 Å². The number of methoxy groups -OCH3 is 1. The van der Waals surface area contributed by atoms with Gasteiger partial charge in [-0.3, -0.25) is 14.5 Å². The summed E-state index contributed by atoms with van der Waals surface area (Å²) in [4.78, 5) is 39.7. The summed E-state index contributed by atoms with van der Waals surface area (Å²) in [7, 11) is 1.60. The van der Waals surface area contributed by atoms with Crippen LogP contribution in [0.25, 0.3) is 22.0 Å². The third kappa shape index (κ3) is 5.56. The molecule has 3 heterocycles. The highest BCUT2D eigenvalue weighted by molar-refractivity contribution is 6.05. The largest absolute Gasteiger partial charge is 0.497 e. The highest BCUT2D eigenvalue weighted by Gasteiger charge is 2.38. The van der Waals surface area contributed by atoms with E-state index < -0.39 is 5.92 Å². The molecule has 8 heteroatoms. The van der Waals surface area contributed by atoms with Gasteiger partial charge in [0.15, 0.2) is 0 Å². The van der Waals surface area contributed by atoms with Crippen molar-refractivity contribution in [1.29, 1.82) is 0 Å². The highest BCUT2D eigenvalue weighted by Crippen LogP contribution is 2.38. The summed E-state index contributed by atoms with van der Waals surface area (Å²) >= 11 is 0. The van der Waals surface area contributed by atoms with E-state index in [9.17, 15) is 9.59 Å². The first kappa shape index (κ1) is 27.9. The molecule has 5 aromatic rings. The number of aromatic nitrogens is 2. The Morgan fingerprint density at radius 3 is 2.61 bits per heavy atom. The Morgan fingerprint density at radius 2 is 1.77 bits per heavy atom. The smallest absolute Gasteiger partial charge is 0.232 e. The maximum Gasteiger partial charge on any atom is 0.232 e. The molecule has 2 amide bonds. The number of H-pyrrole nitrogens is 1. The first-order valence-corrected chi connectivity index (χ1v) is 15.1. The van der Waals surface area contributed by atoms with Gasteiger partial charge in [-0.15, -0.1) is 0 Å². The number of ether oxygens (including phenoxy) is 1. The molecule has 0 spiro atoms. The SMILES string of the molecule is COc1ccc2c(c1)C(CC(=O)N1CCN(CCc3ccccc3)CC1c1ncc(-c3ccc4ccccc4c3)[nH]1)C(=O)N2. The first-order valence-electron chi connectivity index (χ1n) is 15.1. The van der Waals surface area contributed by atoms with Gasteiger partial charge >= 0.3 is 0 Å². The van der Waals surface area contributed by atoms with Crippen LogP contribution in [0.5, 0.6) is 5.75 Å². The number of nitrogens with zero attached hydrogens (tertiary/aromatic N) is 3. The second-order valence-electron chi connectivity index (χ2n) is 11.6. The van der Waals surface area contributed by atoms with Gasteiger partial charge in [-0.25, -0.2) is 4.98 Å². The third-order valence-electron chi connectivity index (χ3n) is 8.90. The molecule has 0 radical (unpaired) electrons. The molecule has 0 saturated carbocycles. The number of piperazine rings is 1. The van der Waals surface area contributed by atoms with Crippen LogP contribution in [0, 0.1) is 0 Å². The average molecular weight is 586 g/mol. The van der Waals surface area contributed by atoms with E-state index in [1.807, 2.05) is 47.5 Å². The van der Waals surface area contributed by atoms with Crippen molar-refractivity contribution in [2.45, 2.75) is 24.8 Å². The normalized spacial score (nSPS) is 18.3. The lowest BCUT2D eigenvalue weighted by atomic mass is 9.95. The molecule has 1 aromatic heterocycles. The van der Waals surface area contributed by atoms with Gasteiger partial charge in [0.05, 0.1) is 24.9 Å². The van der Waals surface area contributed by atoms with Gasteiger partial charge in [0.1, 0.15) is 17.6 Å². The number of aromatic amines is 1. The van der Waals surface area contributed by atoms with E-state index in [-0.39, 0.29) is 24.3 Å². The number of rotatable bonds is 8. The number of imidazole rings is 1. The zero-order chi connectivity index (χ0) is 30.0. The summed E-state index contributed by atoms with van der Waals surface area (Å²) in [6.07, 6.45) is 2.88. The van der Waals surface area contributed by atoms with Crippen LogP contribution >= 0.6 is 0 Å². The van der Waals surface area contributed by atoms with Crippen LogP contribution in [0.4, 0.5) is 5.69 Å². The first-order chi connectivity index (χ1) is 21.6. The minimum absolute atomic E-state index is 0.0582. The lowest BCUT2D eigenvalue weighted by Crippen LogP contribution is -2.51. The van der Waals surface area contributed by atoms with Gasteiger partial charge in [0.2, 0.25) is 11.8 Å². The number of anilines is 1. The van der Waals surface area contributed by atoms with Crippen LogP contribution < -0.4 is 10.1 Å². The topological polar surface area (TPSA) is 90.6 Å². The monoisotopic (exact) mass is 585 g/mol. The summed E-state index contributed by atoms with van der Waals surface area (Å²) < 4.78 is 5.40. The van der Waals surface area contributed by atoms with Crippen LogP contribution in [-0.2, 0) is 16.0 Å². The maximum absolute atomic E-state index is 14.0. The Hall–Kier alpha value is -4.95. The third-order valence-corrected chi connectivity index (χ3v) is 8.90. The molecular weight excluding hydrogens is 550 g/mol. The fraction of sp³-hybridized carbons (Fsp3) is 0.250. The summed E-state index contributed by atoms with van der Waals surface area (Å²) in [6.45, 7) is 2.86. The van der Waals surface area contributed by atoms with Crippen molar-refractivity contribution in [2.75, 3.05) is 38.6 Å². The standard InChI is InChI=1S/C36H35N5O3/c1-44-28-13-14-31-29(20-28)30(36(43)39-31)21-34(42)41-18-17-40(16-15-24-7-3-2-4-8-24)23-33(41)35-37-22-32(38-35)27-12-11-25-9-5-6-10-26(25)19-27/h2-14,19-20,22,30,33H,15-18,21,23H2,1H3,(H,37,38)(H,39,43). The number of hydrogen-bond donors (Lipinski definition) is 2.